The number of halogens is 2. The Bertz CT molecular complexity index is 844. The zero-order chi connectivity index (χ0) is 18.9. The maximum atomic E-state index is 14.1. The largest absolute Gasteiger partial charge is 0.481 e. The summed E-state index contributed by atoms with van der Waals surface area (Å²) in [6, 6.07) is 3.28. The number of aryl methyl sites for hydroxylation is 2. The standard InChI is InChI=1S/C19H21F2N3O2/c1-12-10-22-13(2)23-17(12)24-7-3-6-19(11-24,18(25)26)9-14-4-5-15(20)8-16(14)21/h4-5,8,10H,3,6-7,9,11H2,1-2H3,(H,25,26)/t19-/m1/s1. The number of piperidine rings is 1. The summed E-state index contributed by atoms with van der Waals surface area (Å²) in [4.78, 5) is 22.7. The number of benzene rings is 1. The third-order valence-corrected chi connectivity index (χ3v) is 4.94. The van der Waals surface area contributed by atoms with Crippen molar-refractivity contribution in [2.45, 2.75) is 33.1 Å². The van der Waals surface area contributed by atoms with Gasteiger partial charge in [-0.1, -0.05) is 6.07 Å². The van der Waals surface area contributed by atoms with E-state index in [0.717, 1.165) is 17.7 Å². The highest BCUT2D eigenvalue weighted by atomic mass is 19.1. The minimum Gasteiger partial charge on any atom is -0.481 e. The molecule has 0 spiro atoms. The first kappa shape index (κ1) is 18.2. The van der Waals surface area contributed by atoms with Crippen molar-refractivity contribution >= 4 is 11.8 Å². The van der Waals surface area contributed by atoms with Crippen LogP contribution in [-0.2, 0) is 11.2 Å². The summed E-state index contributed by atoms with van der Waals surface area (Å²) in [5.41, 5.74) is -0.0710. The predicted molar refractivity (Wildman–Crippen MR) is 93.1 cm³/mol. The van der Waals surface area contributed by atoms with E-state index in [-0.39, 0.29) is 18.5 Å². The molecule has 0 aliphatic carbocycles. The summed E-state index contributed by atoms with van der Waals surface area (Å²) < 4.78 is 27.3. The van der Waals surface area contributed by atoms with Crippen LogP contribution in [0, 0.1) is 30.9 Å². The minimum absolute atomic E-state index is 0.00800. The summed E-state index contributed by atoms with van der Waals surface area (Å²) in [5.74, 6) is -1.04. The molecule has 2 aromatic rings. The predicted octanol–water partition coefficient (Wildman–Crippen LogP) is 3.29. The molecule has 1 aliphatic rings. The smallest absolute Gasteiger partial charge is 0.311 e. The molecule has 1 aromatic heterocycles. The van der Waals surface area contributed by atoms with Crippen molar-refractivity contribution in [1.29, 1.82) is 0 Å². The van der Waals surface area contributed by atoms with Crippen molar-refractivity contribution in [3.63, 3.8) is 0 Å². The van der Waals surface area contributed by atoms with Gasteiger partial charge in [0, 0.05) is 30.9 Å². The SMILES string of the molecule is Cc1ncc(C)c(N2CCC[C@](Cc3ccc(F)cc3F)(C(=O)O)C2)n1. The molecule has 7 heteroatoms. The van der Waals surface area contributed by atoms with Crippen molar-refractivity contribution in [2.75, 3.05) is 18.0 Å². The molecule has 1 fully saturated rings. The number of rotatable bonds is 4. The van der Waals surface area contributed by atoms with Crippen LogP contribution in [0.15, 0.2) is 24.4 Å². The van der Waals surface area contributed by atoms with Gasteiger partial charge in [0.05, 0.1) is 5.41 Å². The lowest BCUT2D eigenvalue weighted by Gasteiger charge is -2.41. The van der Waals surface area contributed by atoms with E-state index in [1.807, 2.05) is 11.8 Å². The fraction of sp³-hybridized carbons (Fsp3) is 0.421. The Morgan fingerprint density at radius 1 is 1.35 bits per heavy atom. The molecule has 0 unspecified atom stereocenters. The van der Waals surface area contributed by atoms with E-state index < -0.39 is 23.0 Å². The normalized spacial score (nSPS) is 20.2. The van der Waals surface area contributed by atoms with Crippen LogP contribution in [-0.4, -0.2) is 34.1 Å². The molecule has 1 N–H and O–H groups in total. The maximum Gasteiger partial charge on any atom is 0.311 e. The van der Waals surface area contributed by atoms with Gasteiger partial charge < -0.3 is 10.0 Å². The van der Waals surface area contributed by atoms with Crippen LogP contribution in [0.25, 0.3) is 0 Å². The van der Waals surface area contributed by atoms with E-state index in [1.165, 1.54) is 6.07 Å². The van der Waals surface area contributed by atoms with Crippen molar-refractivity contribution in [2.24, 2.45) is 5.41 Å². The minimum atomic E-state index is -1.15. The van der Waals surface area contributed by atoms with Crippen molar-refractivity contribution in [1.82, 2.24) is 9.97 Å². The summed E-state index contributed by atoms with van der Waals surface area (Å²) in [5, 5.41) is 9.93. The van der Waals surface area contributed by atoms with Crippen molar-refractivity contribution in [3.8, 4) is 0 Å². The van der Waals surface area contributed by atoms with Crippen LogP contribution in [0.5, 0.6) is 0 Å². The van der Waals surface area contributed by atoms with Crippen molar-refractivity contribution in [3.05, 3.63) is 53.0 Å². The maximum absolute atomic E-state index is 14.1. The Kier molecular flexibility index (Phi) is 4.89. The second-order valence-electron chi connectivity index (χ2n) is 6.95. The summed E-state index contributed by atoms with van der Waals surface area (Å²) in [6.07, 6.45) is 2.80. The number of hydrogen-bond donors (Lipinski definition) is 1. The summed E-state index contributed by atoms with van der Waals surface area (Å²) in [7, 11) is 0. The van der Waals surface area contributed by atoms with E-state index in [1.54, 1.807) is 13.1 Å². The lowest BCUT2D eigenvalue weighted by atomic mass is 9.75. The number of aliphatic carboxylic acids is 1. The third-order valence-electron chi connectivity index (χ3n) is 4.94. The van der Waals surface area contributed by atoms with Gasteiger partial charge in [0.1, 0.15) is 23.3 Å². The Balaban J connectivity index is 1.93. The van der Waals surface area contributed by atoms with E-state index in [2.05, 4.69) is 9.97 Å². The molecule has 0 amide bonds. The monoisotopic (exact) mass is 361 g/mol. The number of carboxylic acids is 1. The molecule has 0 radical (unpaired) electrons. The molecule has 0 bridgehead atoms. The van der Waals surface area contributed by atoms with Crippen LogP contribution in [0.4, 0.5) is 14.6 Å². The Hall–Kier alpha value is -2.57. The summed E-state index contributed by atoms with van der Waals surface area (Å²) >= 11 is 0. The molecular weight excluding hydrogens is 340 g/mol. The second kappa shape index (κ2) is 6.97. The zero-order valence-electron chi connectivity index (χ0n) is 14.8. The second-order valence-corrected chi connectivity index (χ2v) is 6.95. The number of nitrogens with zero attached hydrogens (tertiary/aromatic N) is 3. The van der Waals surface area contributed by atoms with Gasteiger partial charge in [-0.2, -0.15) is 0 Å². The first-order chi connectivity index (χ1) is 12.3. The molecule has 26 heavy (non-hydrogen) atoms. The average Bonchev–Trinajstić information content (AvgIpc) is 2.59. The molecule has 1 aromatic carbocycles. The van der Waals surface area contributed by atoms with Gasteiger partial charge >= 0.3 is 5.97 Å². The number of anilines is 1. The first-order valence-corrected chi connectivity index (χ1v) is 8.53. The molecule has 0 saturated carbocycles. The van der Waals surface area contributed by atoms with E-state index in [0.29, 0.717) is 31.0 Å². The fourth-order valence-corrected chi connectivity index (χ4v) is 3.58. The molecule has 1 saturated heterocycles. The lowest BCUT2D eigenvalue weighted by Crippen LogP contribution is -2.49. The summed E-state index contributed by atoms with van der Waals surface area (Å²) in [6.45, 7) is 4.56. The number of carboxylic acid groups (broad SMARTS) is 1. The zero-order valence-corrected chi connectivity index (χ0v) is 14.8. The fourth-order valence-electron chi connectivity index (χ4n) is 3.58. The molecule has 1 atom stereocenters. The van der Waals surface area contributed by atoms with Gasteiger partial charge in [-0.3, -0.25) is 4.79 Å². The Morgan fingerprint density at radius 3 is 2.81 bits per heavy atom. The van der Waals surface area contributed by atoms with Crippen LogP contribution in [0.1, 0.15) is 29.8 Å². The highest BCUT2D eigenvalue weighted by Gasteiger charge is 2.43. The number of carbonyl (C=O) groups is 1. The first-order valence-electron chi connectivity index (χ1n) is 8.53. The highest BCUT2D eigenvalue weighted by molar-refractivity contribution is 5.76. The van der Waals surface area contributed by atoms with Crippen molar-refractivity contribution < 1.29 is 18.7 Å². The van der Waals surface area contributed by atoms with Gasteiger partial charge in [0.15, 0.2) is 0 Å². The van der Waals surface area contributed by atoms with E-state index in [4.69, 9.17) is 0 Å². The lowest BCUT2D eigenvalue weighted by molar-refractivity contribution is -0.149. The molecule has 5 nitrogen and oxygen atoms in total. The average molecular weight is 361 g/mol. The molecule has 138 valence electrons. The molecule has 1 aliphatic heterocycles. The molecule has 2 heterocycles. The van der Waals surface area contributed by atoms with Gasteiger partial charge in [-0.15, -0.1) is 0 Å². The van der Waals surface area contributed by atoms with Crippen LogP contribution in [0.3, 0.4) is 0 Å². The number of aromatic nitrogens is 2. The molecular formula is C19H21F2N3O2. The highest BCUT2D eigenvalue weighted by Crippen LogP contribution is 2.37. The van der Waals surface area contributed by atoms with Gasteiger partial charge in [0.25, 0.3) is 0 Å². The van der Waals surface area contributed by atoms with Gasteiger partial charge in [0.2, 0.25) is 0 Å². The van der Waals surface area contributed by atoms with Crippen LogP contribution >= 0.6 is 0 Å². The quantitative estimate of drug-likeness (QED) is 0.905. The van der Waals surface area contributed by atoms with Gasteiger partial charge in [-0.25, -0.2) is 18.7 Å². The number of hydrogen-bond acceptors (Lipinski definition) is 4. The topological polar surface area (TPSA) is 66.3 Å². The van der Waals surface area contributed by atoms with Gasteiger partial charge in [-0.05, 0) is 44.7 Å². The Labute approximate surface area is 150 Å². The third kappa shape index (κ3) is 3.52. The molecule has 3 rings (SSSR count). The van der Waals surface area contributed by atoms with E-state index >= 15 is 0 Å². The van der Waals surface area contributed by atoms with Crippen LogP contribution < -0.4 is 4.90 Å². The Morgan fingerprint density at radius 2 is 2.12 bits per heavy atom. The van der Waals surface area contributed by atoms with Crippen LogP contribution in [0.2, 0.25) is 0 Å². The van der Waals surface area contributed by atoms with E-state index in [9.17, 15) is 18.7 Å².